The van der Waals surface area contributed by atoms with Crippen LogP contribution in [0.25, 0.3) is 0 Å². The van der Waals surface area contributed by atoms with Crippen LogP contribution in [0.5, 0.6) is 5.75 Å². The van der Waals surface area contributed by atoms with Crippen LogP contribution in [-0.2, 0) is 7.05 Å². The van der Waals surface area contributed by atoms with Gasteiger partial charge in [-0.3, -0.25) is 25.2 Å². The SMILES string of the molecule is CC(C)Oc1ccc(C(=O)N2CCC(c3nc(C(=O)NNC(=O)c4cccn4C)cs3)CC2)cc1. The molecule has 35 heavy (non-hydrogen) atoms. The predicted octanol–water partition coefficient (Wildman–Crippen LogP) is 3.36. The summed E-state index contributed by atoms with van der Waals surface area (Å²) in [5, 5.41) is 2.56. The van der Waals surface area contributed by atoms with Crippen LogP contribution in [0.3, 0.4) is 0 Å². The van der Waals surface area contributed by atoms with E-state index in [4.69, 9.17) is 4.74 Å². The van der Waals surface area contributed by atoms with Gasteiger partial charge >= 0.3 is 0 Å². The Morgan fingerprint density at radius 2 is 1.74 bits per heavy atom. The third-order valence-electron chi connectivity index (χ3n) is 5.83. The van der Waals surface area contributed by atoms with Crippen molar-refractivity contribution >= 4 is 29.1 Å². The molecule has 0 unspecified atom stereocenters. The van der Waals surface area contributed by atoms with Crippen LogP contribution in [0.15, 0.2) is 48.0 Å². The molecular weight excluding hydrogens is 466 g/mol. The van der Waals surface area contributed by atoms with Gasteiger partial charge in [-0.2, -0.15) is 0 Å². The lowest BCUT2D eigenvalue weighted by Gasteiger charge is -2.31. The summed E-state index contributed by atoms with van der Waals surface area (Å²) in [6.45, 7) is 5.18. The van der Waals surface area contributed by atoms with E-state index in [1.807, 2.05) is 30.9 Å². The van der Waals surface area contributed by atoms with Crippen LogP contribution >= 0.6 is 11.3 Å². The molecule has 1 aliphatic heterocycles. The van der Waals surface area contributed by atoms with Gasteiger partial charge in [0.25, 0.3) is 17.7 Å². The molecule has 3 amide bonds. The summed E-state index contributed by atoms with van der Waals surface area (Å²) in [5.74, 6) is 0.0736. The van der Waals surface area contributed by atoms with Gasteiger partial charge in [-0.1, -0.05) is 0 Å². The number of aromatic nitrogens is 2. The number of ether oxygens (including phenoxy) is 1. The molecule has 0 saturated carbocycles. The number of carbonyl (C=O) groups is 3. The highest BCUT2D eigenvalue weighted by molar-refractivity contribution is 7.09. The minimum Gasteiger partial charge on any atom is -0.491 e. The number of aryl methyl sites for hydroxylation is 1. The fourth-order valence-corrected chi connectivity index (χ4v) is 4.95. The smallest absolute Gasteiger partial charge is 0.289 e. The third-order valence-corrected chi connectivity index (χ3v) is 6.83. The van der Waals surface area contributed by atoms with Gasteiger partial charge in [-0.25, -0.2) is 4.98 Å². The second kappa shape index (κ2) is 10.7. The van der Waals surface area contributed by atoms with Gasteiger partial charge < -0.3 is 14.2 Å². The molecule has 0 radical (unpaired) electrons. The van der Waals surface area contributed by atoms with Crippen molar-refractivity contribution in [2.24, 2.45) is 7.05 Å². The molecule has 0 atom stereocenters. The number of likely N-dealkylation sites (tertiary alicyclic amines) is 1. The van der Waals surface area contributed by atoms with Crippen LogP contribution in [0.1, 0.15) is 68.9 Å². The van der Waals surface area contributed by atoms with E-state index in [0.717, 1.165) is 23.6 Å². The van der Waals surface area contributed by atoms with E-state index in [-0.39, 0.29) is 23.6 Å². The number of nitrogens with one attached hydrogen (secondary N) is 2. The lowest BCUT2D eigenvalue weighted by molar-refractivity contribution is 0.0712. The number of piperidine rings is 1. The first-order valence-electron chi connectivity index (χ1n) is 11.5. The number of rotatable bonds is 6. The molecule has 10 heteroatoms. The first-order valence-corrected chi connectivity index (χ1v) is 12.4. The largest absolute Gasteiger partial charge is 0.491 e. The van der Waals surface area contributed by atoms with Gasteiger partial charge in [0.15, 0.2) is 0 Å². The van der Waals surface area contributed by atoms with Crippen molar-refractivity contribution in [1.82, 2.24) is 25.3 Å². The Hall–Kier alpha value is -3.66. The Balaban J connectivity index is 1.28. The van der Waals surface area contributed by atoms with E-state index >= 15 is 0 Å². The van der Waals surface area contributed by atoms with Crippen molar-refractivity contribution < 1.29 is 19.1 Å². The summed E-state index contributed by atoms with van der Waals surface area (Å²) in [7, 11) is 1.75. The highest BCUT2D eigenvalue weighted by Gasteiger charge is 2.27. The summed E-state index contributed by atoms with van der Waals surface area (Å²) >= 11 is 1.43. The highest BCUT2D eigenvalue weighted by Crippen LogP contribution is 2.31. The van der Waals surface area contributed by atoms with Crippen molar-refractivity contribution in [1.29, 1.82) is 0 Å². The average Bonchev–Trinajstić information content (AvgIpc) is 3.52. The summed E-state index contributed by atoms with van der Waals surface area (Å²) in [4.78, 5) is 43.8. The van der Waals surface area contributed by atoms with Crippen molar-refractivity contribution in [3.63, 3.8) is 0 Å². The Morgan fingerprint density at radius 3 is 2.37 bits per heavy atom. The molecule has 1 aliphatic rings. The monoisotopic (exact) mass is 495 g/mol. The molecule has 4 rings (SSSR count). The number of hydrogen-bond donors (Lipinski definition) is 2. The zero-order valence-corrected chi connectivity index (χ0v) is 20.8. The number of nitrogens with zero attached hydrogens (tertiary/aromatic N) is 3. The number of benzene rings is 1. The van der Waals surface area contributed by atoms with Crippen molar-refractivity contribution in [2.45, 2.75) is 38.7 Å². The average molecular weight is 496 g/mol. The highest BCUT2D eigenvalue weighted by atomic mass is 32.1. The predicted molar refractivity (Wildman–Crippen MR) is 133 cm³/mol. The lowest BCUT2D eigenvalue weighted by Crippen LogP contribution is -2.42. The molecule has 3 aromatic rings. The number of amides is 3. The molecule has 0 bridgehead atoms. The van der Waals surface area contributed by atoms with Crippen LogP contribution in [0.4, 0.5) is 0 Å². The van der Waals surface area contributed by atoms with Crippen molar-refractivity contribution in [2.75, 3.05) is 13.1 Å². The molecule has 0 spiro atoms. The lowest BCUT2D eigenvalue weighted by atomic mass is 9.97. The maximum absolute atomic E-state index is 12.9. The van der Waals surface area contributed by atoms with Gasteiger partial charge in [0.05, 0.1) is 11.1 Å². The van der Waals surface area contributed by atoms with Crippen LogP contribution in [0.2, 0.25) is 0 Å². The Morgan fingerprint density at radius 1 is 1.06 bits per heavy atom. The Bertz CT molecular complexity index is 1190. The number of hydrogen-bond acceptors (Lipinski definition) is 6. The summed E-state index contributed by atoms with van der Waals surface area (Å²) in [6, 6.07) is 10.7. The maximum atomic E-state index is 12.9. The zero-order chi connectivity index (χ0) is 24.9. The summed E-state index contributed by atoms with van der Waals surface area (Å²) < 4.78 is 7.31. The molecule has 2 aromatic heterocycles. The van der Waals surface area contributed by atoms with Crippen LogP contribution < -0.4 is 15.6 Å². The molecule has 3 heterocycles. The van der Waals surface area contributed by atoms with Gasteiger partial charge in [-0.05, 0) is 63.1 Å². The second-order valence-electron chi connectivity index (χ2n) is 8.74. The minimum atomic E-state index is -0.465. The standard InChI is InChI=1S/C25H29N5O4S/c1-16(2)34-19-8-6-18(7-9-19)25(33)30-13-10-17(11-14-30)24-26-20(15-35-24)22(31)27-28-23(32)21-5-4-12-29(21)3/h4-9,12,15-17H,10-11,13-14H2,1-3H3,(H,27,31)(H,28,32). The van der Waals surface area contributed by atoms with Gasteiger partial charge in [0.1, 0.15) is 17.1 Å². The van der Waals surface area contributed by atoms with E-state index in [1.54, 1.807) is 47.5 Å². The fourth-order valence-electron chi connectivity index (χ4n) is 3.98. The van der Waals surface area contributed by atoms with Crippen molar-refractivity contribution in [3.05, 3.63) is 69.9 Å². The molecule has 1 fully saturated rings. The van der Waals surface area contributed by atoms with E-state index in [0.29, 0.717) is 24.3 Å². The molecule has 9 nitrogen and oxygen atoms in total. The number of carbonyl (C=O) groups excluding carboxylic acids is 3. The minimum absolute atomic E-state index is 0.00714. The molecule has 2 N–H and O–H groups in total. The summed E-state index contributed by atoms with van der Waals surface area (Å²) in [6.07, 6.45) is 3.39. The van der Waals surface area contributed by atoms with Gasteiger partial charge in [-0.15, -0.1) is 11.3 Å². The van der Waals surface area contributed by atoms with Gasteiger partial charge in [0, 0.05) is 43.2 Å². The zero-order valence-electron chi connectivity index (χ0n) is 20.0. The number of thiazole rings is 1. The normalized spacial score (nSPS) is 14.1. The van der Waals surface area contributed by atoms with Crippen molar-refractivity contribution in [3.8, 4) is 5.75 Å². The first-order chi connectivity index (χ1) is 16.8. The molecule has 1 saturated heterocycles. The molecule has 1 aromatic carbocycles. The molecule has 184 valence electrons. The summed E-state index contributed by atoms with van der Waals surface area (Å²) in [5.41, 5.74) is 6.17. The second-order valence-corrected chi connectivity index (χ2v) is 9.63. The topological polar surface area (TPSA) is 106 Å². The van der Waals surface area contributed by atoms with E-state index < -0.39 is 11.8 Å². The fraction of sp³-hybridized carbons (Fsp3) is 0.360. The first kappa shape index (κ1) is 24.5. The Labute approximate surface area is 208 Å². The van der Waals surface area contributed by atoms with Crippen LogP contribution in [-0.4, -0.2) is 51.4 Å². The quantitative estimate of drug-likeness (QED) is 0.510. The number of hydrazine groups is 1. The van der Waals surface area contributed by atoms with E-state index in [1.165, 1.54) is 11.3 Å². The maximum Gasteiger partial charge on any atom is 0.289 e. The molecular formula is C25H29N5O4S. The van der Waals surface area contributed by atoms with E-state index in [9.17, 15) is 14.4 Å². The van der Waals surface area contributed by atoms with E-state index in [2.05, 4.69) is 15.8 Å². The third kappa shape index (κ3) is 5.89. The Kier molecular flexibility index (Phi) is 7.50. The molecule has 0 aliphatic carbocycles. The van der Waals surface area contributed by atoms with Gasteiger partial charge in [0.2, 0.25) is 0 Å². The van der Waals surface area contributed by atoms with Crippen LogP contribution in [0, 0.1) is 0 Å².